The number of phenolic OH excluding ortho intramolecular Hbond substituents is 1. The number of phenols is 1. The number of nitrogens with zero attached hydrogens (tertiary/aromatic N) is 1. The van der Waals surface area contributed by atoms with Crippen molar-refractivity contribution >= 4 is 11.9 Å². The fourth-order valence-electron chi connectivity index (χ4n) is 4.32. The average molecular weight is 493 g/mol. The number of aryl methyl sites for hydroxylation is 1. The summed E-state index contributed by atoms with van der Waals surface area (Å²) in [5.74, 6) is 1.05. The summed E-state index contributed by atoms with van der Waals surface area (Å²) in [5, 5.41) is 27.3. The van der Waals surface area contributed by atoms with Gasteiger partial charge in [-0.3, -0.25) is 9.79 Å². The van der Waals surface area contributed by atoms with Crippen LogP contribution in [0.15, 0.2) is 23.2 Å². The SMILES string of the molecule is CC[C@H](CC[C@H](O)C[C@@H](CCc1ccc(O)c(OC2CCNCC2)c1)OC(C)=O)CNC(N)=NC. The van der Waals surface area contributed by atoms with Crippen LogP contribution in [-0.4, -0.2) is 67.1 Å². The molecule has 0 spiro atoms. The number of carbonyl (C=O) groups excluding carboxylic acids is 1. The van der Waals surface area contributed by atoms with Crippen molar-refractivity contribution in [2.45, 2.75) is 83.5 Å². The van der Waals surface area contributed by atoms with Crippen molar-refractivity contribution in [3.05, 3.63) is 23.8 Å². The first-order chi connectivity index (χ1) is 16.8. The van der Waals surface area contributed by atoms with E-state index in [1.54, 1.807) is 13.1 Å². The lowest BCUT2D eigenvalue weighted by Crippen LogP contribution is -2.35. The number of piperidine rings is 1. The monoisotopic (exact) mass is 492 g/mol. The van der Waals surface area contributed by atoms with Crippen molar-refractivity contribution < 1.29 is 24.5 Å². The van der Waals surface area contributed by atoms with Gasteiger partial charge in [-0.1, -0.05) is 19.4 Å². The number of guanidine groups is 1. The second-order valence-corrected chi connectivity index (χ2v) is 9.37. The van der Waals surface area contributed by atoms with E-state index >= 15 is 0 Å². The number of ether oxygens (including phenoxy) is 2. The van der Waals surface area contributed by atoms with Gasteiger partial charge in [0.25, 0.3) is 0 Å². The molecule has 0 amide bonds. The van der Waals surface area contributed by atoms with E-state index in [2.05, 4.69) is 22.5 Å². The third-order valence-electron chi connectivity index (χ3n) is 6.52. The molecule has 35 heavy (non-hydrogen) atoms. The fraction of sp³-hybridized carbons (Fsp3) is 0.692. The zero-order valence-electron chi connectivity index (χ0n) is 21.5. The minimum Gasteiger partial charge on any atom is -0.504 e. The predicted molar refractivity (Wildman–Crippen MR) is 138 cm³/mol. The van der Waals surface area contributed by atoms with Gasteiger partial charge in [-0.25, -0.2) is 0 Å². The van der Waals surface area contributed by atoms with E-state index in [0.717, 1.165) is 44.3 Å². The Hall–Kier alpha value is -2.52. The summed E-state index contributed by atoms with van der Waals surface area (Å²) in [6, 6.07) is 5.37. The van der Waals surface area contributed by atoms with Crippen LogP contribution < -0.4 is 21.1 Å². The smallest absolute Gasteiger partial charge is 0.302 e. The quantitative estimate of drug-likeness (QED) is 0.152. The maximum absolute atomic E-state index is 11.7. The van der Waals surface area contributed by atoms with Crippen LogP contribution in [-0.2, 0) is 16.0 Å². The first-order valence-corrected chi connectivity index (χ1v) is 12.8. The Bertz CT molecular complexity index is 798. The summed E-state index contributed by atoms with van der Waals surface area (Å²) in [4.78, 5) is 15.6. The number of benzene rings is 1. The summed E-state index contributed by atoms with van der Waals surface area (Å²) in [7, 11) is 1.64. The summed E-state index contributed by atoms with van der Waals surface area (Å²) in [6.45, 7) is 6.04. The van der Waals surface area contributed by atoms with Crippen LogP contribution in [0.3, 0.4) is 0 Å². The lowest BCUT2D eigenvalue weighted by atomic mass is 9.95. The van der Waals surface area contributed by atoms with Crippen LogP contribution >= 0.6 is 0 Å². The molecular weight excluding hydrogens is 448 g/mol. The predicted octanol–water partition coefficient (Wildman–Crippen LogP) is 2.48. The van der Waals surface area contributed by atoms with E-state index < -0.39 is 6.10 Å². The normalized spacial score (nSPS) is 17.4. The zero-order valence-corrected chi connectivity index (χ0v) is 21.5. The Labute approximate surface area is 209 Å². The largest absolute Gasteiger partial charge is 0.504 e. The molecule has 2 rings (SSSR count). The van der Waals surface area contributed by atoms with Crippen LogP contribution in [0, 0.1) is 5.92 Å². The molecule has 198 valence electrons. The highest BCUT2D eigenvalue weighted by molar-refractivity contribution is 5.77. The number of rotatable bonds is 14. The van der Waals surface area contributed by atoms with Gasteiger partial charge in [0.05, 0.1) is 6.10 Å². The molecule has 0 bridgehead atoms. The van der Waals surface area contributed by atoms with Crippen LogP contribution in [0.2, 0.25) is 0 Å². The average Bonchev–Trinajstić information content (AvgIpc) is 2.84. The molecule has 3 atom stereocenters. The molecule has 0 aromatic heterocycles. The van der Waals surface area contributed by atoms with Gasteiger partial charge in [-0.15, -0.1) is 0 Å². The molecule has 0 radical (unpaired) electrons. The number of aliphatic imine (C=N–C) groups is 1. The summed E-state index contributed by atoms with van der Waals surface area (Å²) in [6.07, 6.45) is 4.99. The van der Waals surface area contributed by atoms with Gasteiger partial charge in [0.15, 0.2) is 17.5 Å². The highest BCUT2D eigenvalue weighted by atomic mass is 16.5. The van der Waals surface area contributed by atoms with Gasteiger partial charge >= 0.3 is 5.97 Å². The van der Waals surface area contributed by atoms with Crippen LogP contribution in [0.25, 0.3) is 0 Å². The molecule has 1 aliphatic heterocycles. The van der Waals surface area contributed by atoms with E-state index in [9.17, 15) is 15.0 Å². The van der Waals surface area contributed by atoms with E-state index in [1.165, 1.54) is 6.92 Å². The summed E-state index contributed by atoms with van der Waals surface area (Å²) in [5.41, 5.74) is 6.70. The molecule has 1 fully saturated rings. The fourth-order valence-corrected chi connectivity index (χ4v) is 4.32. The van der Waals surface area contributed by atoms with Crippen molar-refractivity contribution in [2.75, 3.05) is 26.7 Å². The van der Waals surface area contributed by atoms with Crippen LogP contribution in [0.5, 0.6) is 11.5 Å². The standard InChI is InChI=1S/C26H44N4O5/c1-4-19(17-30-26(27)28-3)5-8-21(32)16-23(34-18(2)31)9-6-20-7-10-24(33)25(15-20)35-22-11-13-29-14-12-22/h7,10,15,19,21-23,29,32-33H,4-6,8-9,11-14,16-17H2,1-3H3,(H3,27,28,30)/t19-,21+,23-/m1/s1. The molecular formula is C26H44N4O5. The molecule has 1 aromatic rings. The number of esters is 1. The topological polar surface area (TPSA) is 138 Å². The third kappa shape index (κ3) is 11.2. The third-order valence-corrected chi connectivity index (χ3v) is 6.52. The first kappa shape index (κ1) is 28.7. The van der Waals surface area contributed by atoms with Crippen molar-refractivity contribution in [2.24, 2.45) is 16.6 Å². The molecule has 1 aromatic carbocycles. The number of hydrogen-bond donors (Lipinski definition) is 5. The Kier molecular flexibility index (Phi) is 12.7. The highest BCUT2D eigenvalue weighted by Gasteiger charge is 2.20. The van der Waals surface area contributed by atoms with Gasteiger partial charge in [0, 0.05) is 26.9 Å². The van der Waals surface area contributed by atoms with Gasteiger partial charge < -0.3 is 36.1 Å². The molecule has 9 heteroatoms. The minimum absolute atomic E-state index is 0.0918. The lowest BCUT2D eigenvalue weighted by Gasteiger charge is -2.24. The Morgan fingerprint density at radius 2 is 2.03 bits per heavy atom. The minimum atomic E-state index is -0.566. The van der Waals surface area contributed by atoms with E-state index in [4.69, 9.17) is 15.2 Å². The molecule has 0 unspecified atom stereocenters. The van der Waals surface area contributed by atoms with Gasteiger partial charge in [0.2, 0.25) is 0 Å². The summed E-state index contributed by atoms with van der Waals surface area (Å²) >= 11 is 0. The van der Waals surface area contributed by atoms with Crippen LogP contribution in [0.1, 0.15) is 64.4 Å². The van der Waals surface area contributed by atoms with E-state index in [-0.39, 0.29) is 23.9 Å². The lowest BCUT2D eigenvalue weighted by molar-refractivity contribution is -0.148. The van der Waals surface area contributed by atoms with Crippen molar-refractivity contribution in [3.8, 4) is 11.5 Å². The van der Waals surface area contributed by atoms with Gasteiger partial charge in [0.1, 0.15) is 12.2 Å². The maximum Gasteiger partial charge on any atom is 0.302 e. The number of nitrogens with two attached hydrogens (primary N) is 1. The van der Waals surface area contributed by atoms with Crippen molar-refractivity contribution in [1.82, 2.24) is 10.6 Å². The molecule has 9 nitrogen and oxygen atoms in total. The van der Waals surface area contributed by atoms with Crippen molar-refractivity contribution in [1.29, 1.82) is 0 Å². The number of aliphatic hydroxyl groups is 1. The zero-order chi connectivity index (χ0) is 25.6. The molecule has 1 aliphatic rings. The van der Waals surface area contributed by atoms with E-state index in [0.29, 0.717) is 49.9 Å². The number of hydrogen-bond acceptors (Lipinski definition) is 7. The van der Waals surface area contributed by atoms with Crippen molar-refractivity contribution in [3.63, 3.8) is 0 Å². The second kappa shape index (κ2) is 15.5. The number of carbonyl (C=O) groups is 1. The van der Waals surface area contributed by atoms with Gasteiger partial charge in [-0.2, -0.15) is 0 Å². The Morgan fingerprint density at radius 3 is 2.69 bits per heavy atom. The molecule has 0 saturated carbocycles. The van der Waals surface area contributed by atoms with Gasteiger partial charge in [-0.05, 0) is 75.2 Å². The summed E-state index contributed by atoms with van der Waals surface area (Å²) < 4.78 is 11.5. The molecule has 1 saturated heterocycles. The number of nitrogens with one attached hydrogen (secondary N) is 2. The molecule has 1 heterocycles. The Balaban J connectivity index is 1.88. The molecule has 6 N–H and O–H groups in total. The maximum atomic E-state index is 11.7. The molecule has 0 aliphatic carbocycles. The second-order valence-electron chi connectivity index (χ2n) is 9.37. The number of aliphatic hydroxyl groups excluding tert-OH is 1. The Morgan fingerprint density at radius 1 is 1.29 bits per heavy atom. The van der Waals surface area contributed by atoms with Crippen LogP contribution in [0.4, 0.5) is 0 Å². The highest BCUT2D eigenvalue weighted by Crippen LogP contribution is 2.30. The number of aromatic hydroxyl groups is 1. The first-order valence-electron chi connectivity index (χ1n) is 12.8. The van der Waals surface area contributed by atoms with E-state index in [1.807, 2.05) is 12.1 Å².